The number of hydrogen-bond donors (Lipinski definition) is 2. The summed E-state index contributed by atoms with van der Waals surface area (Å²) in [5, 5.41) is 10.2. The van der Waals surface area contributed by atoms with Crippen LogP contribution in [0.3, 0.4) is 0 Å². The van der Waals surface area contributed by atoms with Gasteiger partial charge >= 0.3 is 0 Å². The lowest BCUT2D eigenvalue weighted by Gasteiger charge is -2.34. The summed E-state index contributed by atoms with van der Waals surface area (Å²) in [6.07, 6.45) is 7.38. The van der Waals surface area contributed by atoms with E-state index in [2.05, 4.69) is 15.5 Å². The van der Waals surface area contributed by atoms with Crippen molar-refractivity contribution >= 4 is 11.8 Å². The second-order valence-corrected chi connectivity index (χ2v) is 6.70. The fraction of sp³-hybridized carbons (Fsp3) is 0.706. The van der Waals surface area contributed by atoms with Gasteiger partial charge in [-0.05, 0) is 38.2 Å². The molecule has 7 heteroatoms. The molecule has 0 unspecified atom stereocenters. The van der Waals surface area contributed by atoms with E-state index in [1.807, 2.05) is 4.90 Å². The van der Waals surface area contributed by atoms with E-state index in [9.17, 15) is 9.59 Å². The van der Waals surface area contributed by atoms with Crippen LogP contribution in [0.25, 0.3) is 0 Å². The predicted octanol–water partition coefficient (Wildman–Crippen LogP) is 1.78. The van der Waals surface area contributed by atoms with Crippen LogP contribution >= 0.6 is 0 Å². The van der Waals surface area contributed by atoms with Gasteiger partial charge in [-0.25, -0.2) is 0 Å². The minimum atomic E-state index is -0.130. The SMILES string of the molecule is COCC(=O)N1CCCC[C@@H]1c1cc(C(=O)NC2CCCC2)n[nH]1. The summed E-state index contributed by atoms with van der Waals surface area (Å²) in [5.41, 5.74) is 1.23. The zero-order chi connectivity index (χ0) is 16.9. The highest BCUT2D eigenvalue weighted by molar-refractivity contribution is 5.92. The molecule has 24 heavy (non-hydrogen) atoms. The number of hydrogen-bond acceptors (Lipinski definition) is 4. The number of ether oxygens (including phenoxy) is 1. The highest BCUT2D eigenvalue weighted by Crippen LogP contribution is 2.30. The molecule has 0 spiro atoms. The Morgan fingerprint density at radius 3 is 2.79 bits per heavy atom. The zero-order valence-electron chi connectivity index (χ0n) is 14.2. The van der Waals surface area contributed by atoms with Crippen molar-refractivity contribution in [2.75, 3.05) is 20.3 Å². The minimum Gasteiger partial charge on any atom is -0.375 e. The molecule has 2 amide bonds. The van der Waals surface area contributed by atoms with E-state index in [0.717, 1.165) is 44.3 Å². The van der Waals surface area contributed by atoms with Gasteiger partial charge in [-0.3, -0.25) is 14.7 Å². The maximum atomic E-state index is 12.3. The summed E-state index contributed by atoms with van der Waals surface area (Å²) in [6, 6.07) is 2.00. The van der Waals surface area contributed by atoms with Crippen LogP contribution in [0.15, 0.2) is 6.07 Å². The van der Waals surface area contributed by atoms with Crippen molar-refractivity contribution < 1.29 is 14.3 Å². The number of carbonyl (C=O) groups is 2. The van der Waals surface area contributed by atoms with Crippen molar-refractivity contribution in [2.24, 2.45) is 0 Å². The van der Waals surface area contributed by atoms with Gasteiger partial charge in [0.05, 0.1) is 11.7 Å². The maximum absolute atomic E-state index is 12.3. The number of amides is 2. The van der Waals surface area contributed by atoms with Crippen LogP contribution in [-0.2, 0) is 9.53 Å². The predicted molar refractivity (Wildman–Crippen MR) is 88.5 cm³/mol. The molecule has 1 aromatic rings. The molecule has 132 valence electrons. The summed E-state index contributed by atoms with van der Waals surface area (Å²) in [7, 11) is 1.53. The molecule has 2 N–H and O–H groups in total. The monoisotopic (exact) mass is 334 g/mol. The van der Waals surface area contributed by atoms with Crippen LogP contribution in [0, 0.1) is 0 Å². The minimum absolute atomic E-state index is 0.0197. The van der Waals surface area contributed by atoms with Gasteiger partial charge in [0.1, 0.15) is 12.3 Å². The normalized spacial score (nSPS) is 21.9. The Balaban J connectivity index is 1.68. The van der Waals surface area contributed by atoms with Crippen LogP contribution in [-0.4, -0.2) is 53.2 Å². The smallest absolute Gasteiger partial charge is 0.271 e. The number of nitrogens with one attached hydrogen (secondary N) is 2. The highest BCUT2D eigenvalue weighted by Gasteiger charge is 2.30. The molecule has 3 rings (SSSR count). The first-order valence-electron chi connectivity index (χ1n) is 8.83. The fourth-order valence-corrected chi connectivity index (χ4v) is 3.71. The van der Waals surface area contributed by atoms with E-state index in [4.69, 9.17) is 4.74 Å². The third kappa shape index (κ3) is 3.77. The Bertz CT molecular complexity index is 580. The van der Waals surface area contributed by atoms with Gasteiger partial charge < -0.3 is 15.0 Å². The van der Waals surface area contributed by atoms with E-state index in [-0.39, 0.29) is 30.5 Å². The second-order valence-electron chi connectivity index (χ2n) is 6.70. The molecule has 7 nitrogen and oxygen atoms in total. The van der Waals surface area contributed by atoms with Crippen molar-refractivity contribution in [1.29, 1.82) is 0 Å². The van der Waals surface area contributed by atoms with E-state index in [1.54, 1.807) is 6.07 Å². The summed E-state index contributed by atoms with van der Waals surface area (Å²) >= 11 is 0. The van der Waals surface area contributed by atoms with E-state index in [1.165, 1.54) is 20.0 Å². The van der Waals surface area contributed by atoms with E-state index < -0.39 is 0 Å². The summed E-state index contributed by atoms with van der Waals surface area (Å²) < 4.78 is 4.98. The average Bonchev–Trinajstić information content (AvgIpc) is 3.26. The topological polar surface area (TPSA) is 87.3 Å². The number of methoxy groups -OCH3 is 1. The molecule has 0 aromatic carbocycles. The molecule has 1 saturated carbocycles. The molecule has 1 aliphatic heterocycles. The third-order valence-corrected chi connectivity index (χ3v) is 4.97. The second kappa shape index (κ2) is 7.79. The molecule has 2 fully saturated rings. The molecule has 2 aliphatic rings. The lowest BCUT2D eigenvalue weighted by atomic mass is 9.99. The van der Waals surface area contributed by atoms with Crippen LogP contribution in [0.2, 0.25) is 0 Å². The summed E-state index contributed by atoms with van der Waals surface area (Å²) in [6.45, 7) is 0.801. The molecule has 1 atom stereocenters. The average molecular weight is 334 g/mol. The Morgan fingerprint density at radius 2 is 2.04 bits per heavy atom. The van der Waals surface area contributed by atoms with E-state index >= 15 is 0 Å². The number of piperidine rings is 1. The van der Waals surface area contributed by atoms with Gasteiger partial charge in [0.25, 0.3) is 5.91 Å². The summed E-state index contributed by atoms with van der Waals surface area (Å²) in [4.78, 5) is 26.4. The third-order valence-electron chi connectivity index (χ3n) is 4.97. The number of rotatable bonds is 5. The molecule has 0 bridgehead atoms. The van der Waals surface area contributed by atoms with Crippen LogP contribution in [0.4, 0.5) is 0 Å². The fourth-order valence-electron chi connectivity index (χ4n) is 3.71. The molecule has 1 saturated heterocycles. The van der Waals surface area contributed by atoms with Crippen molar-refractivity contribution in [3.63, 3.8) is 0 Å². The zero-order valence-corrected chi connectivity index (χ0v) is 14.2. The van der Waals surface area contributed by atoms with Crippen molar-refractivity contribution in [1.82, 2.24) is 20.4 Å². The van der Waals surface area contributed by atoms with Gasteiger partial charge in [0, 0.05) is 19.7 Å². The molecule has 1 aromatic heterocycles. The molecular formula is C17H26N4O3. The molecule has 0 radical (unpaired) electrons. The first kappa shape index (κ1) is 17.0. The van der Waals surface area contributed by atoms with Gasteiger partial charge in [0.2, 0.25) is 5.91 Å². The van der Waals surface area contributed by atoms with Crippen molar-refractivity contribution in [3.05, 3.63) is 17.5 Å². The Kier molecular flexibility index (Phi) is 5.50. The Morgan fingerprint density at radius 1 is 1.29 bits per heavy atom. The van der Waals surface area contributed by atoms with Gasteiger partial charge in [-0.15, -0.1) is 0 Å². The number of H-pyrrole nitrogens is 1. The number of nitrogens with zero attached hydrogens (tertiary/aromatic N) is 2. The standard InChI is InChI=1S/C17H26N4O3/c1-24-11-16(22)21-9-5-4-8-15(21)13-10-14(20-19-13)17(23)18-12-6-2-3-7-12/h10,12,15H,2-9,11H2,1H3,(H,18,23)(H,19,20)/t15-/m1/s1. The first-order chi connectivity index (χ1) is 11.7. The largest absolute Gasteiger partial charge is 0.375 e. The van der Waals surface area contributed by atoms with Crippen LogP contribution < -0.4 is 5.32 Å². The number of aromatic nitrogens is 2. The Labute approximate surface area is 142 Å². The number of carbonyl (C=O) groups excluding carboxylic acids is 2. The quantitative estimate of drug-likeness (QED) is 0.859. The molecule has 1 aliphatic carbocycles. The van der Waals surface area contributed by atoms with Crippen LogP contribution in [0.5, 0.6) is 0 Å². The highest BCUT2D eigenvalue weighted by atomic mass is 16.5. The van der Waals surface area contributed by atoms with Gasteiger partial charge in [-0.2, -0.15) is 5.10 Å². The number of aromatic amines is 1. The van der Waals surface area contributed by atoms with E-state index in [0.29, 0.717) is 5.69 Å². The van der Waals surface area contributed by atoms with Gasteiger partial charge in [-0.1, -0.05) is 12.8 Å². The lowest BCUT2D eigenvalue weighted by molar-refractivity contribution is -0.139. The van der Waals surface area contributed by atoms with Gasteiger partial charge in [0.15, 0.2) is 0 Å². The first-order valence-corrected chi connectivity index (χ1v) is 8.83. The number of likely N-dealkylation sites (tertiary alicyclic amines) is 1. The van der Waals surface area contributed by atoms with Crippen molar-refractivity contribution in [3.8, 4) is 0 Å². The molecule has 2 heterocycles. The van der Waals surface area contributed by atoms with Crippen molar-refractivity contribution in [2.45, 2.75) is 57.0 Å². The lowest BCUT2D eigenvalue weighted by Crippen LogP contribution is -2.40. The maximum Gasteiger partial charge on any atom is 0.271 e. The van der Waals surface area contributed by atoms with Crippen LogP contribution in [0.1, 0.15) is 67.2 Å². The summed E-state index contributed by atoms with van der Waals surface area (Å²) in [5.74, 6) is -0.149. The molecular weight excluding hydrogens is 308 g/mol. The Hall–Kier alpha value is -1.89.